The van der Waals surface area contributed by atoms with E-state index in [0.717, 1.165) is 24.4 Å². The van der Waals surface area contributed by atoms with Crippen LogP contribution in [0.1, 0.15) is 34.1 Å². The van der Waals surface area contributed by atoms with Gasteiger partial charge in [0.15, 0.2) is 0 Å². The van der Waals surface area contributed by atoms with Crippen LogP contribution in [0.5, 0.6) is 11.5 Å². The number of anilines is 1. The van der Waals surface area contributed by atoms with Crippen molar-refractivity contribution in [2.24, 2.45) is 0 Å². The van der Waals surface area contributed by atoms with Crippen LogP contribution in [0.25, 0.3) is 0 Å². The first kappa shape index (κ1) is 16.2. The van der Waals surface area contributed by atoms with E-state index < -0.39 is 0 Å². The number of nitrogens with zero attached hydrogens (tertiary/aromatic N) is 1. The molecule has 5 rings (SSSR count). The van der Waals surface area contributed by atoms with Gasteiger partial charge in [0, 0.05) is 42.2 Å². The summed E-state index contributed by atoms with van der Waals surface area (Å²) in [4.78, 5) is 2.36. The molecule has 0 spiro atoms. The summed E-state index contributed by atoms with van der Waals surface area (Å²) in [6.07, 6.45) is 0. The molecule has 1 saturated heterocycles. The summed E-state index contributed by atoms with van der Waals surface area (Å²) >= 11 is 0. The maximum atomic E-state index is 9.88. The van der Waals surface area contributed by atoms with Crippen LogP contribution in [0.3, 0.4) is 0 Å². The lowest BCUT2D eigenvalue weighted by Gasteiger charge is -2.34. The number of hydrogen-bond donors (Lipinski definition) is 1. The van der Waals surface area contributed by atoms with Crippen molar-refractivity contribution in [2.45, 2.75) is 18.8 Å². The van der Waals surface area contributed by atoms with Gasteiger partial charge in [0.1, 0.15) is 11.5 Å². The molecule has 1 N–H and O–H groups in total. The zero-order chi connectivity index (χ0) is 18.4. The Morgan fingerprint density at radius 1 is 0.926 bits per heavy atom. The van der Waals surface area contributed by atoms with Crippen molar-refractivity contribution in [2.75, 3.05) is 24.6 Å². The maximum absolute atomic E-state index is 9.88. The van der Waals surface area contributed by atoms with Gasteiger partial charge in [0.2, 0.25) is 0 Å². The standard InChI is InChI=1S/C24H23NO2/c1-16-3-2-4-18(13-16)22-15-27-23-14-20(26)9-10-21(23)24(22)17-5-7-19(8-6-17)25-11-12-25/h2-10,13-14,22,24,26H,11-12,15H2,1H3. The van der Waals surface area contributed by atoms with Crippen molar-refractivity contribution in [3.05, 3.63) is 89.0 Å². The Labute approximate surface area is 159 Å². The fourth-order valence-corrected chi connectivity index (χ4v) is 4.20. The van der Waals surface area contributed by atoms with Crippen LogP contribution in [-0.4, -0.2) is 24.8 Å². The van der Waals surface area contributed by atoms with E-state index in [4.69, 9.17) is 4.74 Å². The van der Waals surface area contributed by atoms with Gasteiger partial charge in [0.05, 0.1) is 6.61 Å². The topological polar surface area (TPSA) is 32.5 Å². The van der Waals surface area contributed by atoms with Crippen LogP contribution in [0.15, 0.2) is 66.7 Å². The number of fused-ring (bicyclic) bond motifs is 1. The molecule has 2 heterocycles. The highest BCUT2D eigenvalue weighted by Gasteiger charge is 2.34. The minimum atomic E-state index is 0.208. The number of phenolic OH excluding ortho intramolecular Hbond substituents is 1. The summed E-state index contributed by atoms with van der Waals surface area (Å²) in [5.74, 6) is 1.49. The number of hydrogen-bond acceptors (Lipinski definition) is 3. The third-order valence-electron chi connectivity index (χ3n) is 5.69. The fraction of sp³-hybridized carbons (Fsp3) is 0.250. The van der Waals surface area contributed by atoms with E-state index in [1.165, 1.54) is 22.4 Å². The van der Waals surface area contributed by atoms with Crippen LogP contribution in [0.2, 0.25) is 0 Å². The second-order valence-corrected chi connectivity index (χ2v) is 7.61. The first-order valence-electron chi connectivity index (χ1n) is 9.56. The molecule has 0 aromatic heterocycles. The van der Waals surface area contributed by atoms with E-state index in [-0.39, 0.29) is 17.6 Å². The summed E-state index contributed by atoms with van der Waals surface area (Å²) < 4.78 is 6.07. The van der Waals surface area contributed by atoms with Crippen molar-refractivity contribution < 1.29 is 9.84 Å². The quantitative estimate of drug-likeness (QED) is 0.682. The number of phenols is 1. The Bertz CT molecular complexity index is 976. The highest BCUT2D eigenvalue weighted by Crippen LogP contribution is 2.47. The van der Waals surface area contributed by atoms with Crippen LogP contribution >= 0.6 is 0 Å². The molecule has 2 atom stereocenters. The molecule has 1 fully saturated rings. The number of rotatable bonds is 3. The molecule has 3 aromatic carbocycles. The Morgan fingerprint density at radius 2 is 1.74 bits per heavy atom. The predicted octanol–water partition coefficient (Wildman–Crippen LogP) is 4.83. The molecule has 2 aliphatic rings. The molecule has 0 radical (unpaired) electrons. The maximum Gasteiger partial charge on any atom is 0.126 e. The second-order valence-electron chi connectivity index (χ2n) is 7.61. The third kappa shape index (κ3) is 3.03. The Kier molecular flexibility index (Phi) is 3.82. The molecule has 0 saturated carbocycles. The minimum absolute atomic E-state index is 0.208. The molecular weight excluding hydrogens is 334 g/mol. The van der Waals surface area contributed by atoms with E-state index in [9.17, 15) is 5.11 Å². The largest absolute Gasteiger partial charge is 0.508 e. The van der Waals surface area contributed by atoms with Crippen LogP contribution < -0.4 is 9.64 Å². The third-order valence-corrected chi connectivity index (χ3v) is 5.69. The van der Waals surface area contributed by atoms with Crippen molar-refractivity contribution in [3.8, 4) is 11.5 Å². The van der Waals surface area contributed by atoms with E-state index in [0.29, 0.717) is 6.61 Å². The molecule has 3 nitrogen and oxygen atoms in total. The van der Waals surface area contributed by atoms with E-state index in [2.05, 4.69) is 60.4 Å². The summed E-state index contributed by atoms with van der Waals surface area (Å²) in [6, 6.07) is 23.2. The molecular formula is C24H23NO2. The van der Waals surface area contributed by atoms with Gasteiger partial charge < -0.3 is 14.7 Å². The fourth-order valence-electron chi connectivity index (χ4n) is 4.20. The molecule has 2 aliphatic heterocycles. The van der Waals surface area contributed by atoms with Crippen LogP contribution in [0, 0.1) is 6.92 Å². The molecule has 0 aliphatic carbocycles. The normalized spacial score (nSPS) is 20.7. The molecule has 2 unspecified atom stereocenters. The first-order valence-corrected chi connectivity index (χ1v) is 9.56. The highest BCUT2D eigenvalue weighted by atomic mass is 16.5. The molecule has 136 valence electrons. The lowest BCUT2D eigenvalue weighted by Crippen LogP contribution is -2.25. The van der Waals surface area contributed by atoms with Crippen molar-refractivity contribution in [1.29, 1.82) is 0 Å². The summed E-state index contributed by atoms with van der Waals surface area (Å²) in [5, 5.41) is 9.88. The van der Waals surface area contributed by atoms with Crippen LogP contribution in [-0.2, 0) is 0 Å². The number of aromatic hydroxyl groups is 1. The van der Waals surface area contributed by atoms with E-state index in [1.807, 2.05) is 6.07 Å². The zero-order valence-corrected chi connectivity index (χ0v) is 15.4. The van der Waals surface area contributed by atoms with Crippen molar-refractivity contribution in [3.63, 3.8) is 0 Å². The van der Waals surface area contributed by atoms with Crippen LogP contribution in [0.4, 0.5) is 5.69 Å². The Hall–Kier alpha value is -2.94. The Morgan fingerprint density at radius 3 is 2.48 bits per heavy atom. The molecule has 0 bridgehead atoms. The van der Waals surface area contributed by atoms with E-state index in [1.54, 1.807) is 12.1 Å². The van der Waals surface area contributed by atoms with Gasteiger partial charge >= 0.3 is 0 Å². The van der Waals surface area contributed by atoms with Gasteiger partial charge in [-0.25, -0.2) is 0 Å². The van der Waals surface area contributed by atoms with Gasteiger partial charge in [-0.3, -0.25) is 0 Å². The number of ether oxygens (including phenoxy) is 1. The van der Waals surface area contributed by atoms with Gasteiger partial charge in [-0.1, -0.05) is 48.0 Å². The lowest BCUT2D eigenvalue weighted by atomic mass is 9.75. The summed E-state index contributed by atoms with van der Waals surface area (Å²) in [7, 11) is 0. The number of aryl methyl sites for hydroxylation is 1. The number of benzene rings is 3. The van der Waals surface area contributed by atoms with E-state index >= 15 is 0 Å². The Balaban J connectivity index is 1.61. The van der Waals surface area contributed by atoms with Gasteiger partial charge in [0.25, 0.3) is 0 Å². The monoisotopic (exact) mass is 357 g/mol. The van der Waals surface area contributed by atoms with Gasteiger partial charge in [-0.05, 0) is 36.2 Å². The molecule has 27 heavy (non-hydrogen) atoms. The van der Waals surface area contributed by atoms with Gasteiger partial charge in [-0.2, -0.15) is 0 Å². The molecule has 3 heteroatoms. The first-order chi connectivity index (χ1) is 13.2. The summed E-state index contributed by atoms with van der Waals surface area (Å²) in [6.45, 7) is 5.06. The predicted molar refractivity (Wildman–Crippen MR) is 108 cm³/mol. The van der Waals surface area contributed by atoms with Crippen molar-refractivity contribution >= 4 is 5.69 Å². The van der Waals surface area contributed by atoms with Gasteiger partial charge in [-0.15, -0.1) is 0 Å². The minimum Gasteiger partial charge on any atom is -0.508 e. The molecule has 0 amide bonds. The second kappa shape index (κ2) is 6.34. The lowest BCUT2D eigenvalue weighted by molar-refractivity contribution is 0.247. The SMILES string of the molecule is Cc1cccc(C2COc3cc(O)ccc3C2c2ccc(N3CC3)cc2)c1. The highest BCUT2D eigenvalue weighted by molar-refractivity contribution is 5.56. The zero-order valence-electron chi connectivity index (χ0n) is 15.4. The summed E-state index contributed by atoms with van der Waals surface area (Å²) in [5.41, 5.74) is 6.30. The smallest absolute Gasteiger partial charge is 0.126 e. The van der Waals surface area contributed by atoms with Crippen molar-refractivity contribution in [1.82, 2.24) is 0 Å². The molecule has 3 aromatic rings. The average molecular weight is 357 g/mol. The average Bonchev–Trinajstić information content (AvgIpc) is 3.52.